The molecule has 0 aromatic rings. The summed E-state index contributed by atoms with van der Waals surface area (Å²) in [6.45, 7) is 7.89. The van der Waals surface area contributed by atoms with Crippen LogP contribution in [0.25, 0.3) is 0 Å². The minimum atomic E-state index is 0.0197. The van der Waals surface area contributed by atoms with E-state index >= 15 is 0 Å². The summed E-state index contributed by atoms with van der Waals surface area (Å²) < 4.78 is 0. The van der Waals surface area contributed by atoms with E-state index in [0.717, 1.165) is 32.7 Å². The fourth-order valence-corrected chi connectivity index (χ4v) is 3.78. The first-order valence-electron chi connectivity index (χ1n) is 8.85. The monoisotopic (exact) mass is 309 g/mol. The lowest BCUT2D eigenvalue weighted by Gasteiger charge is -2.41. The van der Waals surface area contributed by atoms with Gasteiger partial charge in [-0.05, 0) is 25.7 Å². The zero-order valence-electron chi connectivity index (χ0n) is 14.4. The van der Waals surface area contributed by atoms with Gasteiger partial charge in [-0.3, -0.25) is 14.5 Å². The molecule has 1 heterocycles. The van der Waals surface area contributed by atoms with Crippen LogP contribution >= 0.6 is 0 Å². The number of piperazine rings is 1. The highest BCUT2D eigenvalue weighted by Crippen LogP contribution is 2.31. The number of carbonyl (C=O) groups is 2. The van der Waals surface area contributed by atoms with Gasteiger partial charge in [-0.2, -0.15) is 0 Å². The zero-order chi connectivity index (χ0) is 16.1. The average Bonchev–Trinajstić information content (AvgIpc) is 3.08. The van der Waals surface area contributed by atoms with Crippen LogP contribution < -0.4 is 0 Å². The standard InChI is InChI=1S/C17H31N3O2/c1-4-15(21)19-10-12-20(13-11-19)16(14-8-6-7-9-14)17(22)18(3)5-2/h14,16H,4-13H2,1-3H3. The van der Waals surface area contributed by atoms with Gasteiger partial charge in [0.15, 0.2) is 0 Å². The van der Waals surface area contributed by atoms with Crippen LogP contribution in [-0.2, 0) is 9.59 Å². The fraction of sp³-hybridized carbons (Fsp3) is 0.882. The number of carbonyl (C=O) groups excluding carboxylic acids is 2. The molecule has 2 fully saturated rings. The quantitative estimate of drug-likeness (QED) is 0.774. The lowest BCUT2D eigenvalue weighted by atomic mass is 9.94. The maximum absolute atomic E-state index is 12.8. The number of rotatable bonds is 5. The zero-order valence-corrected chi connectivity index (χ0v) is 14.4. The Hall–Kier alpha value is -1.10. The number of nitrogens with zero attached hydrogens (tertiary/aromatic N) is 3. The molecule has 1 aliphatic heterocycles. The Balaban J connectivity index is 2.03. The van der Waals surface area contributed by atoms with E-state index in [2.05, 4.69) is 4.90 Å². The van der Waals surface area contributed by atoms with Gasteiger partial charge in [0.1, 0.15) is 0 Å². The molecule has 1 unspecified atom stereocenters. The first-order chi connectivity index (χ1) is 10.6. The van der Waals surface area contributed by atoms with Crippen molar-refractivity contribution in [3.63, 3.8) is 0 Å². The Morgan fingerprint density at radius 2 is 1.68 bits per heavy atom. The van der Waals surface area contributed by atoms with Crippen LogP contribution in [0.15, 0.2) is 0 Å². The van der Waals surface area contributed by atoms with Gasteiger partial charge in [0, 0.05) is 46.2 Å². The number of amides is 2. The highest BCUT2D eigenvalue weighted by Gasteiger charge is 2.38. The Bertz CT molecular complexity index is 385. The van der Waals surface area contributed by atoms with Crippen molar-refractivity contribution < 1.29 is 9.59 Å². The van der Waals surface area contributed by atoms with E-state index in [4.69, 9.17) is 0 Å². The molecule has 5 heteroatoms. The highest BCUT2D eigenvalue weighted by molar-refractivity contribution is 5.82. The molecule has 2 rings (SSSR count). The van der Waals surface area contributed by atoms with Gasteiger partial charge >= 0.3 is 0 Å². The van der Waals surface area contributed by atoms with Crippen LogP contribution in [-0.4, -0.2) is 72.3 Å². The fourth-order valence-electron chi connectivity index (χ4n) is 3.78. The van der Waals surface area contributed by atoms with Crippen LogP contribution in [0.2, 0.25) is 0 Å². The molecular weight excluding hydrogens is 278 g/mol. The first-order valence-corrected chi connectivity index (χ1v) is 8.85. The van der Waals surface area contributed by atoms with E-state index in [1.54, 1.807) is 0 Å². The van der Waals surface area contributed by atoms with Crippen molar-refractivity contribution in [2.45, 2.75) is 52.0 Å². The van der Waals surface area contributed by atoms with Crippen LogP contribution in [0.4, 0.5) is 0 Å². The Morgan fingerprint density at radius 1 is 1.09 bits per heavy atom. The molecule has 0 spiro atoms. The van der Waals surface area contributed by atoms with Crippen molar-refractivity contribution >= 4 is 11.8 Å². The van der Waals surface area contributed by atoms with E-state index in [1.807, 2.05) is 30.7 Å². The Labute approximate surface area is 134 Å². The lowest BCUT2D eigenvalue weighted by molar-refractivity contribution is -0.140. The molecule has 0 aromatic heterocycles. The van der Waals surface area contributed by atoms with E-state index in [0.29, 0.717) is 12.3 Å². The summed E-state index contributed by atoms with van der Waals surface area (Å²) in [5, 5.41) is 0. The Morgan fingerprint density at radius 3 is 2.18 bits per heavy atom. The molecule has 22 heavy (non-hydrogen) atoms. The molecule has 1 atom stereocenters. The third kappa shape index (κ3) is 3.80. The van der Waals surface area contributed by atoms with E-state index in [-0.39, 0.29) is 17.9 Å². The summed E-state index contributed by atoms with van der Waals surface area (Å²) in [5.41, 5.74) is 0. The number of likely N-dealkylation sites (N-methyl/N-ethyl adjacent to an activating group) is 1. The van der Waals surface area contributed by atoms with E-state index in [1.165, 1.54) is 25.7 Å². The predicted molar refractivity (Wildman–Crippen MR) is 87.5 cm³/mol. The smallest absolute Gasteiger partial charge is 0.239 e. The molecular formula is C17H31N3O2. The van der Waals surface area contributed by atoms with Gasteiger partial charge in [0.25, 0.3) is 0 Å². The van der Waals surface area contributed by atoms with Gasteiger partial charge in [0.2, 0.25) is 11.8 Å². The van der Waals surface area contributed by atoms with Gasteiger partial charge < -0.3 is 9.80 Å². The normalized spacial score (nSPS) is 21.9. The SMILES string of the molecule is CCC(=O)N1CCN(C(C(=O)N(C)CC)C2CCCC2)CC1. The van der Waals surface area contributed by atoms with Crippen molar-refractivity contribution in [2.24, 2.45) is 5.92 Å². The Kier molecular flexibility index (Phi) is 6.24. The molecule has 126 valence electrons. The second-order valence-corrected chi connectivity index (χ2v) is 6.61. The molecule has 0 N–H and O–H groups in total. The number of hydrogen-bond donors (Lipinski definition) is 0. The second kappa shape index (κ2) is 7.95. The first kappa shape index (κ1) is 17.3. The molecule has 1 saturated carbocycles. The maximum Gasteiger partial charge on any atom is 0.239 e. The molecule has 0 radical (unpaired) electrons. The van der Waals surface area contributed by atoms with Crippen molar-refractivity contribution in [3.05, 3.63) is 0 Å². The van der Waals surface area contributed by atoms with E-state index < -0.39 is 0 Å². The maximum atomic E-state index is 12.8. The average molecular weight is 309 g/mol. The van der Waals surface area contributed by atoms with E-state index in [9.17, 15) is 9.59 Å². The summed E-state index contributed by atoms with van der Waals surface area (Å²) in [7, 11) is 1.90. The molecule has 1 saturated heterocycles. The van der Waals surface area contributed by atoms with Crippen molar-refractivity contribution in [2.75, 3.05) is 39.8 Å². The summed E-state index contributed by atoms with van der Waals surface area (Å²) in [6, 6.07) is 0.0197. The van der Waals surface area contributed by atoms with Crippen LogP contribution in [0.3, 0.4) is 0 Å². The summed E-state index contributed by atoms with van der Waals surface area (Å²) in [4.78, 5) is 30.8. The summed E-state index contributed by atoms with van der Waals surface area (Å²) in [6.07, 6.45) is 5.41. The molecule has 2 aliphatic rings. The molecule has 2 amide bonds. The van der Waals surface area contributed by atoms with Gasteiger partial charge in [-0.1, -0.05) is 19.8 Å². The third-order valence-corrected chi connectivity index (χ3v) is 5.31. The summed E-state index contributed by atoms with van der Waals surface area (Å²) >= 11 is 0. The minimum Gasteiger partial charge on any atom is -0.345 e. The molecule has 0 aromatic carbocycles. The van der Waals surface area contributed by atoms with Crippen LogP contribution in [0, 0.1) is 5.92 Å². The van der Waals surface area contributed by atoms with Crippen molar-refractivity contribution in [3.8, 4) is 0 Å². The highest BCUT2D eigenvalue weighted by atomic mass is 16.2. The van der Waals surface area contributed by atoms with Gasteiger partial charge in [-0.15, -0.1) is 0 Å². The minimum absolute atomic E-state index is 0.0197. The third-order valence-electron chi connectivity index (χ3n) is 5.31. The molecule has 5 nitrogen and oxygen atoms in total. The predicted octanol–water partition coefficient (Wildman–Crippen LogP) is 1.58. The summed E-state index contributed by atoms with van der Waals surface area (Å²) in [5.74, 6) is 0.994. The van der Waals surface area contributed by atoms with Gasteiger partial charge in [0.05, 0.1) is 6.04 Å². The number of hydrogen-bond acceptors (Lipinski definition) is 3. The van der Waals surface area contributed by atoms with Crippen molar-refractivity contribution in [1.29, 1.82) is 0 Å². The lowest BCUT2D eigenvalue weighted by Crippen LogP contribution is -2.58. The van der Waals surface area contributed by atoms with Crippen molar-refractivity contribution in [1.82, 2.24) is 14.7 Å². The second-order valence-electron chi connectivity index (χ2n) is 6.61. The van der Waals surface area contributed by atoms with Crippen LogP contribution in [0.1, 0.15) is 46.0 Å². The molecule has 1 aliphatic carbocycles. The van der Waals surface area contributed by atoms with Crippen LogP contribution in [0.5, 0.6) is 0 Å². The van der Waals surface area contributed by atoms with Gasteiger partial charge in [-0.25, -0.2) is 0 Å². The largest absolute Gasteiger partial charge is 0.345 e. The topological polar surface area (TPSA) is 43.9 Å². The molecule has 0 bridgehead atoms.